The van der Waals surface area contributed by atoms with Crippen molar-refractivity contribution in [1.29, 1.82) is 0 Å². The van der Waals surface area contributed by atoms with Crippen molar-refractivity contribution in [3.8, 4) is 10.6 Å². The molecule has 0 radical (unpaired) electrons. The standard InChI is InChI=1S/C18H14FNO3S2/c1-11(17(22)12-2-4-14(19)5-3-12)23-16(21)8-15-10-25-18(20-15)13-6-7-24-9-13/h2-7,9-11H,8H2,1H3/t11-/m1/s1. The van der Waals surface area contributed by atoms with Gasteiger partial charge in [0.15, 0.2) is 6.10 Å². The average Bonchev–Trinajstić information content (AvgIpc) is 3.26. The molecular weight excluding hydrogens is 361 g/mol. The van der Waals surface area contributed by atoms with Gasteiger partial charge in [0.05, 0.1) is 12.1 Å². The van der Waals surface area contributed by atoms with Crippen LogP contribution in [0.5, 0.6) is 0 Å². The maximum Gasteiger partial charge on any atom is 0.312 e. The zero-order valence-electron chi connectivity index (χ0n) is 13.3. The van der Waals surface area contributed by atoms with Crippen molar-refractivity contribution >= 4 is 34.4 Å². The normalized spacial score (nSPS) is 11.9. The Balaban J connectivity index is 1.58. The first-order valence-electron chi connectivity index (χ1n) is 7.49. The van der Waals surface area contributed by atoms with Gasteiger partial charge in [-0.1, -0.05) is 0 Å². The minimum atomic E-state index is -0.937. The number of hydrogen-bond acceptors (Lipinski definition) is 6. The molecule has 7 heteroatoms. The Kier molecular flexibility index (Phi) is 5.35. The van der Waals surface area contributed by atoms with Gasteiger partial charge in [0.2, 0.25) is 5.78 Å². The van der Waals surface area contributed by atoms with Crippen LogP contribution in [0.1, 0.15) is 23.0 Å². The number of ether oxygens (including phenoxy) is 1. The van der Waals surface area contributed by atoms with Gasteiger partial charge in [-0.05, 0) is 42.6 Å². The third-order valence-electron chi connectivity index (χ3n) is 3.45. The minimum absolute atomic E-state index is 0.00166. The number of hydrogen-bond donors (Lipinski definition) is 0. The highest BCUT2D eigenvalue weighted by atomic mass is 32.1. The molecule has 0 amide bonds. The second kappa shape index (κ2) is 7.67. The van der Waals surface area contributed by atoms with E-state index < -0.39 is 17.9 Å². The van der Waals surface area contributed by atoms with E-state index in [9.17, 15) is 14.0 Å². The lowest BCUT2D eigenvalue weighted by molar-refractivity contribution is -0.145. The number of Topliss-reactive ketones (excluding diaryl/α,β-unsaturated/α-hetero) is 1. The summed E-state index contributed by atoms with van der Waals surface area (Å²) in [7, 11) is 0. The lowest BCUT2D eigenvalue weighted by Gasteiger charge is -2.11. The smallest absolute Gasteiger partial charge is 0.312 e. The van der Waals surface area contributed by atoms with Gasteiger partial charge >= 0.3 is 5.97 Å². The zero-order valence-corrected chi connectivity index (χ0v) is 14.9. The summed E-state index contributed by atoms with van der Waals surface area (Å²) >= 11 is 3.04. The van der Waals surface area contributed by atoms with Gasteiger partial charge in [0, 0.05) is 21.9 Å². The molecule has 0 bridgehead atoms. The molecule has 2 heterocycles. The van der Waals surface area contributed by atoms with Gasteiger partial charge in [-0.3, -0.25) is 9.59 Å². The molecular formula is C18H14FNO3S2. The second-order valence-electron chi connectivity index (χ2n) is 5.34. The molecule has 1 atom stereocenters. The number of benzene rings is 1. The third kappa shape index (κ3) is 4.37. The number of nitrogens with zero attached hydrogens (tertiary/aromatic N) is 1. The lowest BCUT2D eigenvalue weighted by Crippen LogP contribution is -2.25. The van der Waals surface area contributed by atoms with Gasteiger partial charge in [-0.15, -0.1) is 11.3 Å². The summed E-state index contributed by atoms with van der Waals surface area (Å²) in [6.07, 6.45) is -0.935. The van der Waals surface area contributed by atoms with E-state index in [1.165, 1.54) is 42.5 Å². The molecule has 0 aliphatic heterocycles. The predicted octanol–water partition coefficient (Wildman–Crippen LogP) is 4.37. The highest BCUT2D eigenvalue weighted by molar-refractivity contribution is 7.14. The van der Waals surface area contributed by atoms with Gasteiger partial charge in [0.1, 0.15) is 10.8 Å². The van der Waals surface area contributed by atoms with Gasteiger partial charge in [-0.2, -0.15) is 11.3 Å². The van der Waals surface area contributed by atoms with E-state index in [-0.39, 0.29) is 12.2 Å². The van der Waals surface area contributed by atoms with Crippen LogP contribution in [0.25, 0.3) is 10.6 Å². The van der Waals surface area contributed by atoms with Crippen molar-refractivity contribution in [3.63, 3.8) is 0 Å². The minimum Gasteiger partial charge on any atom is -0.454 e. The molecule has 0 aliphatic rings. The molecule has 0 fully saturated rings. The van der Waals surface area contributed by atoms with Crippen molar-refractivity contribution < 1.29 is 18.7 Å². The van der Waals surface area contributed by atoms with Crippen LogP contribution in [0.3, 0.4) is 0 Å². The SMILES string of the molecule is C[C@@H](OC(=O)Cc1csc(-c2ccsc2)n1)C(=O)c1ccc(F)cc1. The molecule has 128 valence electrons. The van der Waals surface area contributed by atoms with Gasteiger partial charge < -0.3 is 4.74 Å². The molecule has 0 saturated carbocycles. The molecule has 0 spiro atoms. The molecule has 2 aromatic heterocycles. The number of thiophene rings is 1. The molecule has 0 saturated heterocycles. The van der Waals surface area contributed by atoms with Crippen molar-refractivity contribution in [2.75, 3.05) is 0 Å². The number of halogens is 1. The van der Waals surface area contributed by atoms with Crippen molar-refractivity contribution in [2.45, 2.75) is 19.4 Å². The number of thiazole rings is 1. The monoisotopic (exact) mass is 375 g/mol. The van der Waals surface area contributed by atoms with E-state index in [4.69, 9.17) is 4.74 Å². The fraction of sp³-hybridized carbons (Fsp3) is 0.167. The highest BCUT2D eigenvalue weighted by Crippen LogP contribution is 2.26. The Hall–Kier alpha value is -2.38. The van der Waals surface area contributed by atoms with E-state index in [0.717, 1.165) is 10.6 Å². The molecule has 25 heavy (non-hydrogen) atoms. The quantitative estimate of drug-likeness (QED) is 0.474. The Bertz CT molecular complexity index is 872. The topological polar surface area (TPSA) is 56.3 Å². The summed E-state index contributed by atoms with van der Waals surface area (Å²) in [5, 5.41) is 6.61. The number of carbonyl (C=O) groups excluding carboxylic acids is 2. The Morgan fingerprint density at radius 1 is 1.20 bits per heavy atom. The van der Waals surface area contributed by atoms with Crippen LogP contribution in [0.4, 0.5) is 4.39 Å². The molecule has 3 aromatic rings. The zero-order chi connectivity index (χ0) is 17.8. The van der Waals surface area contributed by atoms with Crippen LogP contribution in [-0.2, 0) is 16.0 Å². The predicted molar refractivity (Wildman–Crippen MR) is 95.4 cm³/mol. The van der Waals surface area contributed by atoms with Gasteiger partial charge in [0.25, 0.3) is 0 Å². The van der Waals surface area contributed by atoms with E-state index in [0.29, 0.717) is 11.3 Å². The van der Waals surface area contributed by atoms with Crippen LogP contribution in [0.15, 0.2) is 46.5 Å². The van der Waals surface area contributed by atoms with Crippen LogP contribution >= 0.6 is 22.7 Å². The lowest BCUT2D eigenvalue weighted by atomic mass is 10.1. The molecule has 4 nitrogen and oxygen atoms in total. The summed E-state index contributed by atoms with van der Waals surface area (Å²) in [6.45, 7) is 1.50. The van der Waals surface area contributed by atoms with E-state index in [2.05, 4.69) is 4.98 Å². The average molecular weight is 375 g/mol. The van der Waals surface area contributed by atoms with Crippen molar-refractivity contribution in [2.24, 2.45) is 0 Å². The maximum absolute atomic E-state index is 12.9. The van der Waals surface area contributed by atoms with Crippen molar-refractivity contribution in [1.82, 2.24) is 4.98 Å². The Labute approximate surface area is 151 Å². The number of aromatic nitrogens is 1. The fourth-order valence-electron chi connectivity index (χ4n) is 2.20. The fourth-order valence-corrected chi connectivity index (χ4v) is 3.73. The highest BCUT2D eigenvalue weighted by Gasteiger charge is 2.20. The first kappa shape index (κ1) is 17.4. The number of rotatable bonds is 6. The first-order valence-corrected chi connectivity index (χ1v) is 9.31. The van der Waals surface area contributed by atoms with Crippen LogP contribution in [0, 0.1) is 5.82 Å². The maximum atomic E-state index is 12.9. The Morgan fingerprint density at radius 2 is 1.96 bits per heavy atom. The largest absolute Gasteiger partial charge is 0.454 e. The number of carbonyl (C=O) groups is 2. The van der Waals surface area contributed by atoms with Crippen LogP contribution < -0.4 is 0 Å². The second-order valence-corrected chi connectivity index (χ2v) is 6.97. The van der Waals surface area contributed by atoms with E-state index in [1.54, 1.807) is 16.7 Å². The van der Waals surface area contributed by atoms with Crippen LogP contribution in [0.2, 0.25) is 0 Å². The summed E-state index contributed by atoms with van der Waals surface area (Å²) in [4.78, 5) is 28.6. The molecule has 1 aromatic carbocycles. The summed E-state index contributed by atoms with van der Waals surface area (Å²) in [6, 6.07) is 7.10. The number of esters is 1. The molecule has 3 rings (SSSR count). The molecule has 0 N–H and O–H groups in total. The first-order chi connectivity index (χ1) is 12.0. The summed E-state index contributed by atoms with van der Waals surface area (Å²) in [5.74, 6) is -1.32. The third-order valence-corrected chi connectivity index (χ3v) is 5.07. The van der Waals surface area contributed by atoms with E-state index in [1.807, 2.05) is 16.8 Å². The molecule has 0 unspecified atom stereocenters. The van der Waals surface area contributed by atoms with Crippen LogP contribution in [-0.4, -0.2) is 22.8 Å². The van der Waals surface area contributed by atoms with E-state index >= 15 is 0 Å². The van der Waals surface area contributed by atoms with Gasteiger partial charge in [-0.25, -0.2) is 9.37 Å². The van der Waals surface area contributed by atoms with Crippen molar-refractivity contribution in [3.05, 3.63) is 63.5 Å². The number of ketones is 1. The summed E-state index contributed by atoms with van der Waals surface area (Å²) < 4.78 is 18.1. The summed E-state index contributed by atoms with van der Waals surface area (Å²) in [5.41, 5.74) is 1.93. The Morgan fingerprint density at radius 3 is 2.64 bits per heavy atom. The molecule has 0 aliphatic carbocycles.